The number of amides is 1. The van der Waals surface area contributed by atoms with Gasteiger partial charge in [-0.05, 0) is 55.9 Å². The molecule has 0 saturated heterocycles. The molecule has 0 radical (unpaired) electrons. The van der Waals surface area contributed by atoms with Crippen LogP contribution in [-0.2, 0) is 10.0 Å². The highest BCUT2D eigenvalue weighted by molar-refractivity contribution is 7.89. The molecule has 7 nitrogen and oxygen atoms in total. The largest absolute Gasteiger partial charge is 0.322 e. The SMILES string of the molecule is CC(C)c1nc2cc(C(=O)Nc3ccccc3)ccn2c1S(=O)(=O)N(C1CC1)C1CC1. The third kappa shape index (κ3) is 3.74. The highest BCUT2D eigenvalue weighted by atomic mass is 32.2. The molecule has 8 heteroatoms. The standard InChI is InChI=1S/C23H26N4O3S/c1-15(2)21-23(31(29,30)27(18-8-9-18)19-10-11-19)26-13-12-16(14-20(26)25-21)22(28)24-17-6-4-3-5-7-17/h3-7,12-15,18-19H,8-11H2,1-2H3,(H,24,28). The van der Waals surface area contributed by atoms with Crippen molar-refractivity contribution in [1.82, 2.24) is 13.7 Å². The molecule has 2 aliphatic carbocycles. The maximum absolute atomic E-state index is 13.7. The summed E-state index contributed by atoms with van der Waals surface area (Å²) in [6, 6.07) is 12.7. The minimum atomic E-state index is -3.68. The van der Waals surface area contributed by atoms with Gasteiger partial charge < -0.3 is 5.32 Å². The van der Waals surface area contributed by atoms with Crippen LogP contribution in [0.3, 0.4) is 0 Å². The van der Waals surface area contributed by atoms with Crippen LogP contribution in [0.4, 0.5) is 5.69 Å². The van der Waals surface area contributed by atoms with Crippen LogP contribution in [0.1, 0.15) is 61.5 Å². The molecule has 5 rings (SSSR count). The van der Waals surface area contributed by atoms with Crippen molar-refractivity contribution in [3.63, 3.8) is 0 Å². The average Bonchev–Trinajstić information content (AvgIpc) is 3.67. The molecule has 2 aliphatic rings. The predicted molar refractivity (Wildman–Crippen MR) is 119 cm³/mol. The lowest BCUT2D eigenvalue weighted by Crippen LogP contribution is -2.36. The summed E-state index contributed by atoms with van der Waals surface area (Å²) in [5.74, 6) is -0.323. The zero-order valence-electron chi connectivity index (χ0n) is 17.7. The Kier molecular flexibility index (Phi) is 4.86. The molecule has 31 heavy (non-hydrogen) atoms. The smallest absolute Gasteiger partial charge is 0.261 e. The number of nitrogens with one attached hydrogen (secondary N) is 1. The molecule has 2 fully saturated rings. The van der Waals surface area contributed by atoms with Gasteiger partial charge in [-0.2, -0.15) is 4.31 Å². The fourth-order valence-corrected chi connectivity index (χ4v) is 6.34. The van der Waals surface area contributed by atoms with Crippen LogP contribution in [0.15, 0.2) is 53.7 Å². The number of carbonyl (C=O) groups excluding carboxylic acids is 1. The minimum Gasteiger partial charge on any atom is -0.322 e. The first kappa shape index (κ1) is 20.2. The molecular weight excluding hydrogens is 412 g/mol. The molecule has 0 bridgehead atoms. The molecule has 2 heterocycles. The molecule has 2 aromatic heterocycles. The van der Waals surface area contributed by atoms with Crippen molar-refractivity contribution >= 4 is 27.3 Å². The summed E-state index contributed by atoms with van der Waals surface area (Å²) in [7, 11) is -3.68. The van der Waals surface area contributed by atoms with E-state index >= 15 is 0 Å². The van der Waals surface area contributed by atoms with Gasteiger partial charge in [0.1, 0.15) is 5.65 Å². The number of carbonyl (C=O) groups is 1. The Balaban J connectivity index is 1.56. The van der Waals surface area contributed by atoms with Crippen LogP contribution in [0.25, 0.3) is 5.65 Å². The van der Waals surface area contributed by atoms with Gasteiger partial charge in [-0.1, -0.05) is 32.0 Å². The number of benzene rings is 1. The maximum Gasteiger partial charge on any atom is 0.261 e. The van der Waals surface area contributed by atoms with Crippen LogP contribution in [-0.4, -0.2) is 40.1 Å². The van der Waals surface area contributed by atoms with E-state index in [1.807, 2.05) is 44.2 Å². The molecule has 1 amide bonds. The number of para-hydroxylation sites is 1. The van der Waals surface area contributed by atoms with Gasteiger partial charge in [0.05, 0.1) is 5.69 Å². The number of imidazole rings is 1. The van der Waals surface area contributed by atoms with Crippen molar-refractivity contribution in [2.24, 2.45) is 0 Å². The van der Waals surface area contributed by atoms with Gasteiger partial charge in [0.25, 0.3) is 15.9 Å². The minimum absolute atomic E-state index is 0.0634. The number of hydrogen-bond acceptors (Lipinski definition) is 4. The summed E-state index contributed by atoms with van der Waals surface area (Å²) >= 11 is 0. The molecule has 0 unspecified atom stereocenters. The summed E-state index contributed by atoms with van der Waals surface area (Å²) < 4.78 is 30.8. The maximum atomic E-state index is 13.7. The third-order valence-electron chi connectivity index (χ3n) is 5.78. The van der Waals surface area contributed by atoms with Crippen molar-refractivity contribution in [3.8, 4) is 0 Å². The Bertz CT molecular complexity index is 1230. The second kappa shape index (κ2) is 7.46. The molecule has 1 N–H and O–H groups in total. The molecule has 2 saturated carbocycles. The van der Waals surface area contributed by atoms with Gasteiger partial charge in [-0.15, -0.1) is 0 Å². The van der Waals surface area contributed by atoms with Crippen molar-refractivity contribution in [2.75, 3.05) is 5.32 Å². The predicted octanol–water partition coefficient (Wildman–Crippen LogP) is 4.03. The van der Waals surface area contributed by atoms with Gasteiger partial charge in [0.2, 0.25) is 0 Å². The van der Waals surface area contributed by atoms with E-state index in [-0.39, 0.29) is 28.9 Å². The number of anilines is 1. The van der Waals surface area contributed by atoms with E-state index in [0.717, 1.165) is 25.7 Å². The van der Waals surface area contributed by atoms with Crippen LogP contribution in [0.5, 0.6) is 0 Å². The first-order valence-electron chi connectivity index (χ1n) is 10.8. The number of hydrogen-bond donors (Lipinski definition) is 1. The molecular formula is C23H26N4O3S. The van der Waals surface area contributed by atoms with E-state index in [0.29, 0.717) is 22.6 Å². The van der Waals surface area contributed by atoms with Crippen LogP contribution >= 0.6 is 0 Å². The Labute approximate surface area is 182 Å². The van der Waals surface area contributed by atoms with Crippen molar-refractivity contribution in [1.29, 1.82) is 0 Å². The monoisotopic (exact) mass is 438 g/mol. The molecule has 0 atom stereocenters. The molecule has 1 aromatic carbocycles. The Hall–Kier alpha value is -2.71. The number of pyridine rings is 1. The lowest BCUT2D eigenvalue weighted by atomic mass is 10.2. The van der Waals surface area contributed by atoms with Crippen molar-refractivity contribution in [3.05, 3.63) is 59.9 Å². The average molecular weight is 439 g/mol. The van der Waals surface area contributed by atoms with Gasteiger partial charge in [0, 0.05) is 29.5 Å². The Morgan fingerprint density at radius 2 is 1.74 bits per heavy atom. The number of sulfonamides is 1. The van der Waals surface area contributed by atoms with Gasteiger partial charge >= 0.3 is 0 Å². The van der Waals surface area contributed by atoms with E-state index in [2.05, 4.69) is 10.3 Å². The number of rotatable bonds is 7. The van der Waals surface area contributed by atoms with Crippen LogP contribution in [0, 0.1) is 0 Å². The van der Waals surface area contributed by atoms with Crippen molar-refractivity contribution in [2.45, 2.75) is 62.6 Å². The Morgan fingerprint density at radius 3 is 2.32 bits per heavy atom. The highest BCUT2D eigenvalue weighted by Gasteiger charge is 2.48. The molecule has 0 spiro atoms. The third-order valence-corrected chi connectivity index (χ3v) is 7.83. The second-order valence-corrected chi connectivity index (χ2v) is 10.5. The molecule has 3 aromatic rings. The number of fused-ring (bicyclic) bond motifs is 1. The van der Waals surface area contributed by atoms with Crippen molar-refractivity contribution < 1.29 is 13.2 Å². The topological polar surface area (TPSA) is 83.8 Å². The summed E-state index contributed by atoms with van der Waals surface area (Å²) in [6.07, 6.45) is 5.35. The van der Waals surface area contributed by atoms with Gasteiger partial charge in [-0.25, -0.2) is 13.4 Å². The summed E-state index contributed by atoms with van der Waals surface area (Å²) in [5, 5.41) is 3.10. The lowest BCUT2D eigenvalue weighted by Gasteiger charge is -2.22. The fourth-order valence-electron chi connectivity index (χ4n) is 3.99. The van der Waals surface area contributed by atoms with Gasteiger partial charge in [-0.3, -0.25) is 9.20 Å². The quantitative estimate of drug-likeness (QED) is 0.604. The van der Waals surface area contributed by atoms with E-state index in [9.17, 15) is 13.2 Å². The molecule has 0 aliphatic heterocycles. The van der Waals surface area contributed by atoms with E-state index in [1.54, 1.807) is 27.0 Å². The second-order valence-electron chi connectivity index (χ2n) is 8.72. The summed E-state index contributed by atoms with van der Waals surface area (Å²) in [4.78, 5) is 17.4. The summed E-state index contributed by atoms with van der Waals surface area (Å²) in [5.41, 5.74) is 2.15. The number of aromatic nitrogens is 2. The molecule has 162 valence electrons. The van der Waals surface area contributed by atoms with E-state index in [4.69, 9.17) is 0 Å². The van der Waals surface area contributed by atoms with E-state index in [1.165, 1.54) is 0 Å². The van der Waals surface area contributed by atoms with Gasteiger partial charge in [0.15, 0.2) is 5.03 Å². The zero-order valence-corrected chi connectivity index (χ0v) is 18.5. The number of nitrogens with zero attached hydrogens (tertiary/aromatic N) is 3. The normalized spacial score (nSPS) is 16.9. The lowest BCUT2D eigenvalue weighted by molar-refractivity contribution is 0.102. The fraction of sp³-hybridized carbons (Fsp3) is 0.391. The Morgan fingerprint density at radius 1 is 1.10 bits per heavy atom. The van der Waals surface area contributed by atoms with E-state index < -0.39 is 10.0 Å². The first-order valence-corrected chi connectivity index (χ1v) is 12.2. The highest BCUT2D eigenvalue weighted by Crippen LogP contribution is 2.42. The zero-order chi connectivity index (χ0) is 21.8. The first-order chi connectivity index (χ1) is 14.9. The van der Waals surface area contributed by atoms with Crippen LogP contribution < -0.4 is 5.32 Å². The summed E-state index contributed by atoms with van der Waals surface area (Å²) in [6.45, 7) is 3.89. The van der Waals surface area contributed by atoms with Crippen LogP contribution in [0.2, 0.25) is 0 Å².